The van der Waals surface area contributed by atoms with Crippen LogP contribution < -0.4 is 0 Å². The standard InChI is InChI=1S/C24H14ClFO/c25-18-13-21(24-22(14-18)20-3-1-2-4-23(20)27-24)17-7-5-15(6-8-17)16-9-11-19(26)12-10-16/h1-14H. The summed E-state index contributed by atoms with van der Waals surface area (Å²) in [4.78, 5) is 0. The smallest absolute Gasteiger partial charge is 0.143 e. The molecular weight excluding hydrogens is 359 g/mol. The second-order valence-electron chi connectivity index (χ2n) is 6.51. The Morgan fingerprint density at radius 3 is 2.04 bits per heavy atom. The molecule has 0 aliphatic rings. The van der Waals surface area contributed by atoms with Crippen molar-refractivity contribution in [2.24, 2.45) is 0 Å². The van der Waals surface area contributed by atoms with Crippen LogP contribution in [0.25, 0.3) is 44.2 Å². The van der Waals surface area contributed by atoms with E-state index >= 15 is 0 Å². The molecule has 0 radical (unpaired) electrons. The lowest BCUT2D eigenvalue weighted by Crippen LogP contribution is -1.82. The third-order valence-corrected chi connectivity index (χ3v) is 5.03. The Balaban J connectivity index is 1.66. The SMILES string of the molecule is Fc1ccc(-c2ccc(-c3cc(Cl)cc4c3oc3ccccc34)cc2)cc1. The third kappa shape index (κ3) is 2.79. The van der Waals surface area contributed by atoms with Gasteiger partial charge in [-0.1, -0.05) is 66.2 Å². The molecule has 0 saturated carbocycles. The summed E-state index contributed by atoms with van der Waals surface area (Å²) in [5.74, 6) is -0.235. The van der Waals surface area contributed by atoms with Crippen molar-refractivity contribution in [3.8, 4) is 22.3 Å². The monoisotopic (exact) mass is 372 g/mol. The van der Waals surface area contributed by atoms with E-state index in [1.807, 2.05) is 60.7 Å². The predicted octanol–water partition coefficient (Wildman–Crippen LogP) is 7.71. The predicted molar refractivity (Wildman–Crippen MR) is 110 cm³/mol. The molecule has 0 spiro atoms. The summed E-state index contributed by atoms with van der Waals surface area (Å²) in [5.41, 5.74) is 5.66. The van der Waals surface area contributed by atoms with Crippen LogP contribution in [0.1, 0.15) is 0 Å². The molecule has 0 amide bonds. The molecular formula is C24H14ClFO. The number of para-hydroxylation sites is 1. The first-order valence-electron chi connectivity index (χ1n) is 8.66. The van der Waals surface area contributed by atoms with E-state index < -0.39 is 0 Å². The van der Waals surface area contributed by atoms with Gasteiger partial charge in [-0.3, -0.25) is 0 Å². The molecule has 5 rings (SSSR count). The van der Waals surface area contributed by atoms with E-state index in [1.165, 1.54) is 12.1 Å². The van der Waals surface area contributed by atoms with Gasteiger partial charge in [0.15, 0.2) is 0 Å². The van der Waals surface area contributed by atoms with E-state index in [0.717, 1.165) is 44.2 Å². The minimum Gasteiger partial charge on any atom is -0.455 e. The van der Waals surface area contributed by atoms with Crippen LogP contribution in [0.5, 0.6) is 0 Å². The third-order valence-electron chi connectivity index (χ3n) is 4.82. The summed E-state index contributed by atoms with van der Waals surface area (Å²) < 4.78 is 19.3. The molecule has 0 atom stereocenters. The summed E-state index contributed by atoms with van der Waals surface area (Å²) in [6, 6.07) is 26.5. The summed E-state index contributed by atoms with van der Waals surface area (Å²) in [6.07, 6.45) is 0. The molecule has 0 saturated heterocycles. The minimum absolute atomic E-state index is 0.235. The molecule has 1 aromatic heterocycles. The van der Waals surface area contributed by atoms with Crippen LogP contribution in [0.4, 0.5) is 4.39 Å². The van der Waals surface area contributed by atoms with Crippen LogP contribution in [-0.4, -0.2) is 0 Å². The lowest BCUT2D eigenvalue weighted by atomic mass is 9.99. The first kappa shape index (κ1) is 16.1. The molecule has 27 heavy (non-hydrogen) atoms. The van der Waals surface area contributed by atoms with E-state index in [2.05, 4.69) is 0 Å². The van der Waals surface area contributed by atoms with Crippen LogP contribution in [-0.2, 0) is 0 Å². The highest BCUT2D eigenvalue weighted by molar-refractivity contribution is 6.32. The fourth-order valence-electron chi connectivity index (χ4n) is 3.49. The molecule has 0 N–H and O–H groups in total. The Bertz CT molecular complexity index is 1270. The van der Waals surface area contributed by atoms with Gasteiger partial charge in [-0.05, 0) is 47.0 Å². The average Bonchev–Trinajstić information content (AvgIpc) is 3.07. The topological polar surface area (TPSA) is 13.1 Å². The van der Waals surface area contributed by atoms with E-state index in [0.29, 0.717) is 5.02 Å². The molecule has 1 nitrogen and oxygen atoms in total. The molecule has 0 unspecified atom stereocenters. The van der Waals surface area contributed by atoms with Gasteiger partial charge in [0, 0.05) is 21.4 Å². The van der Waals surface area contributed by atoms with Crippen LogP contribution in [0, 0.1) is 5.82 Å². The zero-order valence-electron chi connectivity index (χ0n) is 14.2. The number of rotatable bonds is 2. The van der Waals surface area contributed by atoms with Gasteiger partial charge in [-0.25, -0.2) is 4.39 Å². The second-order valence-corrected chi connectivity index (χ2v) is 6.95. The number of hydrogen-bond acceptors (Lipinski definition) is 1. The molecule has 0 aliphatic heterocycles. The highest BCUT2D eigenvalue weighted by Crippen LogP contribution is 2.38. The van der Waals surface area contributed by atoms with Gasteiger partial charge in [0.05, 0.1) is 0 Å². The highest BCUT2D eigenvalue weighted by Gasteiger charge is 2.13. The summed E-state index contributed by atoms with van der Waals surface area (Å²) in [5, 5.41) is 2.74. The maximum absolute atomic E-state index is 13.1. The molecule has 0 bridgehead atoms. The molecule has 1 heterocycles. The van der Waals surface area contributed by atoms with Crippen molar-refractivity contribution < 1.29 is 8.81 Å². The zero-order chi connectivity index (χ0) is 18.4. The zero-order valence-corrected chi connectivity index (χ0v) is 15.0. The van der Waals surface area contributed by atoms with Gasteiger partial charge in [0.1, 0.15) is 17.0 Å². The molecule has 0 aliphatic carbocycles. The van der Waals surface area contributed by atoms with E-state index in [4.69, 9.17) is 16.0 Å². The minimum atomic E-state index is -0.235. The van der Waals surface area contributed by atoms with Gasteiger partial charge >= 0.3 is 0 Å². The molecule has 130 valence electrons. The number of furan rings is 1. The molecule has 5 aromatic rings. The van der Waals surface area contributed by atoms with Gasteiger partial charge in [-0.15, -0.1) is 0 Å². The highest BCUT2D eigenvalue weighted by atomic mass is 35.5. The maximum Gasteiger partial charge on any atom is 0.143 e. The van der Waals surface area contributed by atoms with Crippen LogP contribution >= 0.6 is 11.6 Å². The molecule has 3 heteroatoms. The van der Waals surface area contributed by atoms with Crippen LogP contribution in [0.3, 0.4) is 0 Å². The Labute approximate surface area is 160 Å². The average molecular weight is 373 g/mol. The van der Waals surface area contributed by atoms with Gasteiger partial charge in [0.25, 0.3) is 0 Å². The van der Waals surface area contributed by atoms with Crippen molar-refractivity contribution >= 4 is 33.5 Å². The van der Waals surface area contributed by atoms with Crippen molar-refractivity contribution in [1.29, 1.82) is 0 Å². The van der Waals surface area contributed by atoms with Gasteiger partial charge in [0.2, 0.25) is 0 Å². The summed E-state index contributed by atoms with van der Waals surface area (Å²) in [6.45, 7) is 0. The lowest BCUT2D eigenvalue weighted by Gasteiger charge is -2.07. The van der Waals surface area contributed by atoms with Crippen molar-refractivity contribution in [3.05, 3.63) is 95.8 Å². The first-order chi connectivity index (χ1) is 13.2. The van der Waals surface area contributed by atoms with E-state index in [-0.39, 0.29) is 5.82 Å². The molecule has 4 aromatic carbocycles. The quantitative estimate of drug-likeness (QED) is 0.309. The fourth-order valence-corrected chi connectivity index (χ4v) is 3.71. The van der Waals surface area contributed by atoms with Crippen molar-refractivity contribution in [3.63, 3.8) is 0 Å². The lowest BCUT2D eigenvalue weighted by molar-refractivity contribution is 0.628. The molecule has 0 fully saturated rings. The number of hydrogen-bond donors (Lipinski definition) is 0. The second kappa shape index (κ2) is 6.26. The van der Waals surface area contributed by atoms with E-state index in [1.54, 1.807) is 12.1 Å². The van der Waals surface area contributed by atoms with E-state index in [9.17, 15) is 4.39 Å². The van der Waals surface area contributed by atoms with Crippen LogP contribution in [0.2, 0.25) is 5.02 Å². The largest absolute Gasteiger partial charge is 0.455 e. The van der Waals surface area contributed by atoms with Crippen molar-refractivity contribution in [2.45, 2.75) is 0 Å². The number of benzene rings is 4. The number of fused-ring (bicyclic) bond motifs is 3. The summed E-state index contributed by atoms with van der Waals surface area (Å²) in [7, 11) is 0. The van der Waals surface area contributed by atoms with Crippen molar-refractivity contribution in [2.75, 3.05) is 0 Å². The normalized spacial score (nSPS) is 11.3. The number of halogens is 2. The van der Waals surface area contributed by atoms with Crippen molar-refractivity contribution in [1.82, 2.24) is 0 Å². The van der Waals surface area contributed by atoms with Crippen LogP contribution in [0.15, 0.2) is 89.3 Å². The first-order valence-corrected chi connectivity index (χ1v) is 9.04. The maximum atomic E-state index is 13.1. The summed E-state index contributed by atoms with van der Waals surface area (Å²) >= 11 is 6.40. The van der Waals surface area contributed by atoms with Gasteiger partial charge < -0.3 is 4.42 Å². The Hall–Kier alpha value is -3.10. The van der Waals surface area contributed by atoms with Gasteiger partial charge in [-0.2, -0.15) is 0 Å². The Morgan fingerprint density at radius 2 is 1.30 bits per heavy atom. The fraction of sp³-hybridized carbons (Fsp3) is 0. The Kier molecular flexibility index (Phi) is 3.73. The Morgan fingerprint density at radius 1 is 0.667 bits per heavy atom.